The number of aryl methyl sites for hydroxylation is 2. The number of hydrogen-bond acceptors (Lipinski definition) is 4. The Kier molecular flexibility index (Phi) is 3.47. The van der Waals surface area contributed by atoms with E-state index in [0.717, 1.165) is 49.8 Å². The highest BCUT2D eigenvalue weighted by atomic mass is 16.5. The summed E-state index contributed by atoms with van der Waals surface area (Å²) in [6.45, 7) is 3.87. The van der Waals surface area contributed by atoms with E-state index in [2.05, 4.69) is 10.5 Å². The lowest BCUT2D eigenvalue weighted by molar-refractivity contribution is -0.132. The summed E-state index contributed by atoms with van der Waals surface area (Å²) in [7, 11) is 0. The first-order valence-electron chi connectivity index (χ1n) is 7.59. The maximum atomic E-state index is 12.8. The first-order chi connectivity index (χ1) is 10.0. The quantitative estimate of drug-likeness (QED) is 0.849. The van der Waals surface area contributed by atoms with E-state index < -0.39 is 5.54 Å². The van der Waals surface area contributed by atoms with Crippen molar-refractivity contribution < 1.29 is 14.1 Å². The molecule has 1 aromatic rings. The molecule has 1 saturated heterocycles. The highest BCUT2D eigenvalue weighted by molar-refractivity contribution is 6.07. The van der Waals surface area contributed by atoms with Crippen LogP contribution in [-0.4, -0.2) is 27.5 Å². The van der Waals surface area contributed by atoms with Crippen LogP contribution in [0.2, 0.25) is 0 Å². The summed E-state index contributed by atoms with van der Waals surface area (Å²) in [4.78, 5) is 26.4. The fraction of sp³-hybridized carbons (Fsp3) is 0.667. The average Bonchev–Trinajstić information content (AvgIpc) is 2.77. The van der Waals surface area contributed by atoms with Crippen LogP contribution >= 0.6 is 0 Å². The molecule has 2 fully saturated rings. The predicted molar refractivity (Wildman–Crippen MR) is 75.5 cm³/mol. The lowest BCUT2D eigenvalue weighted by Crippen LogP contribution is -2.46. The molecule has 0 unspecified atom stereocenters. The molecule has 3 rings (SSSR count). The van der Waals surface area contributed by atoms with Gasteiger partial charge in [0.25, 0.3) is 5.91 Å². The standard InChI is InChI=1S/C15H21N3O3/c1-10-12(11(2)21-17-10)9-18-13(19)15(16-14(18)20)7-5-3-4-6-8-15/h3-9H2,1-2H3,(H,16,20). The second kappa shape index (κ2) is 5.16. The zero-order valence-corrected chi connectivity index (χ0v) is 12.6. The Morgan fingerprint density at radius 1 is 1.19 bits per heavy atom. The molecule has 0 radical (unpaired) electrons. The molecular formula is C15H21N3O3. The molecule has 1 saturated carbocycles. The minimum atomic E-state index is -0.674. The second-order valence-corrected chi connectivity index (χ2v) is 6.12. The fourth-order valence-electron chi connectivity index (χ4n) is 3.38. The smallest absolute Gasteiger partial charge is 0.325 e. The van der Waals surface area contributed by atoms with Crippen LogP contribution in [0.3, 0.4) is 0 Å². The maximum Gasteiger partial charge on any atom is 0.325 e. The average molecular weight is 291 g/mol. The van der Waals surface area contributed by atoms with Gasteiger partial charge in [0.2, 0.25) is 0 Å². The van der Waals surface area contributed by atoms with Crippen molar-refractivity contribution in [3.8, 4) is 0 Å². The summed E-state index contributed by atoms with van der Waals surface area (Å²) in [6.07, 6.45) is 5.74. The molecular weight excluding hydrogens is 270 g/mol. The van der Waals surface area contributed by atoms with E-state index in [0.29, 0.717) is 5.76 Å². The second-order valence-electron chi connectivity index (χ2n) is 6.12. The Morgan fingerprint density at radius 3 is 2.43 bits per heavy atom. The van der Waals surface area contributed by atoms with Crippen molar-refractivity contribution >= 4 is 11.9 Å². The van der Waals surface area contributed by atoms with Crippen LogP contribution in [0.1, 0.15) is 55.5 Å². The predicted octanol–water partition coefficient (Wildman–Crippen LogP) is 2.44. The van der Waals surface area contributed by atoms with Gasteiger partial charge < -0.3 is 9.84 Å². The third-order valence-electron chi connectivity index (χ3n) is 4.70. The van der Waals surface area contributed by atoms with E-state index >= 15 is 0 Å². The Labute approximate surface area is 123 Å². The molecule has 114 valence electrons. The summed E-state index contributed by atoms with van der Waals surface area (Å²) < 4.78 is 5.11. The lowest BCUT2D eigenvalue weighted by Gasteiger charge is -2.24. The molecule has 6 heteroatoms. The van der Waals surface area contributed by atoms with E-state index in [4.69, 9.17) is 4.52 Å². The monoisotopic (exact) mass is 291 g/mol. The van der Waals surface area contributed by atoms with Crippen LogP contribution in [0.25, 0.3) is 0 Å². The molecule has 6 nitrogen and oxygen atoms in total. The minimum Gasteiger partial charge on any atom is -0.361 e. The van der Waals surface area contributed by atoms with Gasteiger partial charge in [-0.25, -0.2) is 4.79 Å². The summed E-state index contributed by atoms with van der Waals surface area (Å²) in [5.74, 6) is 0.573. The number of carbonyl (C=O) groups excluding carboxylic acids is 2. The highest BCUT2D eigenvalue weighted by Crippen LogP contribution is 2.33. The first kappa shape index (κ1) is 14.1. The van der Waals surface area contributed by atoms with Crippen molar-refractivity contribution in [2.24, 2.45) is 0 Å². The highest BCUT2D eigenvalue weighted by Gasteiger charge is 2.50. The topological polar surface area (TPSA) is 75.4 Å². The van der Waals surface area contributed by atoms with Gasteiger partial charge >= 0.3 is 6.03 Å². The largest absolute Gasteiger partial charge is 0.361 e. The number of nitrogens with one attached hydrogen (secondary N) is 1. The number of nitrogens with zero attached hydrogens (tertiary/aromatic N) is 2. The van der Waals surface area contributed by atoms with Crippen LogP contribution in [0.5, 0.6) is 0 Å². The molecule has 1 aromatic heterocycles. The normalized spacial score (nSPS) is 21.7. The Bertz CT molecular complexity index is 551. The van der Waals surface area contributed by atoms with Crippen molar-refractivity contribution in [2.45, 2.75) is 64.5 Å². The molecule has 1 aliphatic heterocycles. The first-order valence-corrected chi connectivity index (χ1v) is 7.59. The van der Waals surface area contributed by atoms with Gasteiger partial charge in [-0.05, 0) is 26.7 Å². The van der Waals surface area contributed by atoms with Crippen LogP contribution in [0, 0.1) is 13.8 Å². The zero-order chi connectivity index (χ0) is 15.0. The fourth-order valence-corrected chi connectivity index (χ4v) is 3.38. The van der Waals surface area contributed by atoms with E-state index in [-0.39, 0.29) is 18.5 Å². The zero-order valence-electron chi connectivity index (χ0n) is 12.6. The lowest BCUT2D eigenvalue weighted by atomic mass is 9.90. The number of amides is 3. The maximum absolute atomic E-state index is 12.8. The van der Waals surface area contributed by atoms with Crippen molar-refractivity contribution in [3.63, 3.8) is 0 Å². The molecule has 2 aliphatic rings. The van der Waals surface area contributed by atoms with E-state index in [1.54, 1.807) is 6.92 Å². The molecule has 3 amide bonds. The third kappa shape index (κ3) is 2.32. The van der Waals surface area contributed by atoms with Crippen LogP contribution in [0.4, 0.5) is 4.79 Å². The van der Waals surface area contributed by atoms with Gasteiger partial charge in [-0.1, -0.05) is 30.8 Å². The Balaban J connectivity index is 1.84. The summed E-state index contributed by atoms with van der Waals surface area (Å²) >= 11 is 0. The van der Waals surface area contributed by atoms with Crippen LogP contribution in [0.15, 0.2) is 4.52 Å². The molecule has 1 N–H and O–H groups in total. The van der Waals surface area contributed by atoms with Crippen molar-refractivity contribution in [1.82, 2.24) is 15.4 Å². The molecule has 1 spiro atoms. The van der Waals surface area contributed by atoms with E-state index in [9.17, 15) is 9.59 Å². The Morgan fingerprint density at radius 2 is 1.86 bits per heavy atom. The van der Waals surface area contributed by atoms with Gasteiger partial charge in [-0.15, -0.1) is 0 Å². The summed E-state index contributed by atoms with van der Waals surface area (Å²) in [5.41, 5.74) is 0.881. The van der Waals surface area contributed by atoms with Crippen molar-refractivity contribution in [2.75, 3.05) is 0 Å². The molecule has 0 bridgehead atoms. The summed E-state index contributed by atoms with van der Waals surface area (Å²) in [5, 5.41) is 6.83. The minimum absolute atomic E-state index is 0.0885. The number of urea groups is 1. The molecule has 21 heavy (non-hydrogen) atoms. The van der Waals surface area contributed by atoms with Crippen molar-refractivity contribution in [1.29, 1.82) is 0 Å². The van der Waals surface area contributed by atoms with E-state index in [1.807, 2.05) is 6.92 Å². The third-order valence-corrected chi connectivity index (χ3v) is 4.70. The number of rotatable bonds is 2. The van der Waals surface area contributed by atoms with Gasteiger partial charge in [0.1, 0.15) is 11.3 Å². The van der Waals surface area contributed by atoms with Gasteiger partial charge in [0.15, 0.2) is 0 Å². The van der Waals surface area contributed by atoms with Gasteiger partial charge in [0, 0.05) is 5.56 Å². The molecule has 1 aliphatic carbocycles. The number of hydrogen-bond donors (Lipinski definition) is 1. The molecule has 0 aromatic carbocycles. The summed E-state index contributed by atoms with van der Waals surface area (Å²) in [6, 6.07) is -0.290. The molecule has 0 atom stereocenters. The van der Waals surface area contributed by atoms with Crippen molar-refractivity contribution in [3.05, 3.63) is 17.0 Å². The SMILES string of the molecule is Cc1noc(C)c1CN1C(=O)NC2(CCCCCC2)C1=O. The number of aromatic nitrogens is 1. The van der Waals surface area contributed by atoms with Gasteiger partial charge in [0.05, 0.1) is 12.2 Å². The Hall–Kier alpha value is -1.85. The van der Waals surface area contributed by atoms with Crippen LogP contribution in [-0.2, 0) is 11.3 Å². The van der Waals surface area contributed by atoms with Crippen LogP contribution < -0.4 is 5.32 Å². The van der Waals surface area contributed by atoms with Gasteiger partial charge in [-0.3, -0.25) is 9.69 Å². The number of imide groups is 1. The van der Waals surface area contributed by atoms with E-state index in [1.165, 1.54) is 4.90 Å². The molecule has 2 heterocycles. The van der Waals surface area contributed by atoms with Gasteiger partial charge in [-0.2, -0.15) is 0 Å². The number of carbonyl (C=O) groups is 2.